The Morgan fingerprint density at radius 2 is 1.79 bits per heavy atom. The van der Waals surface area contributed by atoms with Crippen molar-refractivity contribution >= 4 is 43.7 Å². The largest absolute Gasteiger partial charge is 0.481 e. The fourth-order valence-electron chi connectivity index (χ4n) is 3.74. The molecule has 1 aliphatic rings. The van der Waals surface area contributed by atoms with Crippen LogP contribution < -0.4 is 15.4 Å². The molecule has 16 heteroatoms. The Bertz CT molecular complexity index is 1510. The van der Waals surface area contributed by atoms with Crippen molar-refractivity contribution in [3.8, 4) is 5.75 Å². The highest BCUT2D eigenvalue weighted by atomic mass is 32.2. The monoisotopic (exact) mass is 579 g/mol. The van der Waals surface area contributed by atoms with E-state index in [0.717, 1.165) is 23.9 Å². The number of carbonyl (C=O) groups excluding carboxylic acids is 1. The van der Waals surface area contributed by atoms with E-state index in [1.165, 1.54) is 12.4 Å². The topological polar surface area (TPSA) is 106 Å². The second kappa shape index (κ2) is 10.5. The summed E-state index contributed by atoms with van der Waals surface area (Å²) in [7, 11) is -2.28. The number of hydrogen-bond acceptors (Lipinski definition) is 7. The number of carbonyl (C=O) groups is 1. The molecule has 4 rings (SSSR count). The quantitative estimate of drug-likeness (QED) is 0.368. The van der Waals surface area contributed by atoms with Gasteiger partial charge in [0.25, 0.3) is 5.91 Å². The molecule has 0 spiro atoms. The van der Waals surface area contributed by atoms with Gasteiger partial charge >= 0.3 is 12.4 Å². The van der Waals surface area contributed by atoms with Crippen molar-refractivity contribution in [1.29, 1.82) is 0 Å². The molecule has 1 aromatic heterocycles. The standard InChI is InChI=1S/C23H20F7N5O3S/c1-12-7-14(35-39(37)5-2-6-39)9-16-19(12)20(32-11-31-16)33-15-4-3-13(24)8-17(15)38-10-18(36)34-21(22(25,26)27)23(28,29)30/h3-4,7-9,11,21H,2,5-6,10H2,1H3,(H,34,36)(H,31,32,33). The lowest BCUT2D eigenvalue weighted by atomic mass is 10.1. The third-order valence-electron chi connectivity index (χ3n) is 5.63. The smallest absolute Gasteiger partial charge is 0.417 e. The van der Waals surface area contributed by atoms with Gasteiger partial charge in [0.2, 0.25) is 6.04 Å². The van der Waals surface area contributed by atoms with Crippen molar-refractivity contribution < 1.29 is 44.5 Å². The average molecular weight is 579 g/mol. The molecule has 0 radical (unpaired) electrons. The number of nitrogens with zero attached hydrogens (tertiary/aromatic N) is 3. The van der Waals surface area contributed by atoms with Gasteiger partial charge in [-0.3, -0.25) is 4.79 Å². The molecule has 210 valence electrons. The fraction of sp³-hybridized carbons (Fsp3) is 0.348. The van der Waals surface area contributed by atoms with Gasteiger partial charge in [-0.1, -0.05) is 0 Å². The predicted octanol–water partition coefficient (Wildman–Crippen LogP) is 5.31. The first-order chi connectivity index (χ1) is 18.1. The van der Waals surface area contributed by atoms with Crippen LogP contribution in [0.2, 0.25) is 0 Å². The number of benzene rings is 2. The number of ether oxygens (including phenoxy) is 1. The summed E-state index contributed by atoms with van der Waals surface area (Å²) in [4.78, 5) is 20.2. The van der Waals surface area contributed by atoms with Crippen LogP contribution in [0.4, 0.5) is 47.9 Å². The number of halogens is 7. The van der Waals surface area contributed by atoms with Gasteiger partial charge in [-0.2, -0.15) is 30.7 Å². The minimum absolute atomic E-state index is 0.0120. The van der Waals surface area contributed by atoms with Gasteiger partial charge < -0.3 is 15.4 Å². The minimum atomic E-state index is -5.79. The number of fused-ring (bicyclic) bond motifs is 1. The lowest BCUT2D eigenvalue weighted by Gasteiger charge is -2.24. The van der Waals surface area contributed by atoms with E-state index in [2.05, 4.69) is 19.6 Å². The van der Waals surface area contributed by atoms with Crippen molar-refractivity contribution in [2.45, 2.75) is 31.7 Å². The van der Waals surface area contributed by atoms with Crippen molar-refractivity contribution in [2.24, 2.45) is 4.36 Å². The Hall–Kier alpha value is -3.69. The summed E-state index contributed by atoms with van der Waals surface area (Å²) in [5.74, 6) is -1.72. The number of amides is 1. The van der Waals surface area contributed by atoms with E-state index in [9.17, 15) is 39.7 Å². The van der Waals surface area contributed by atoms with E-state index >= 15 is 0 Å². The molecule has 0 atom stereocenters. The van der Waals surface area contributed by atoms with Gasteiger partial charge in [0.15, 0.2) is 6.61 Å². The van der Waals surface area contributed by atoms with Crippen LogP contribution in [0.3, 0.4) is 0 Å². The van der Waals surface area contributed by atoms with Gasteiger partial charge in [-0.15, -0.1) is 0 Å². The molecule has 0 saturated carbocycles. The maximum absolute atomic E-state index is 13.9. The normalized spacial score (nSPS) is 15.1. The highest BCUT2D eigenvalue weighted by Crippen LogP contribution is 2.35. The maximum Gasteiger partial charge on any atom is 0.417 e. The third-order valence-corrected chi connectivity index (χ3v) is 8.03. The Morgan fingerprint density at radius 3 is 2.41 bits per heavy atom. The molecule has 0 unspecified atom stereocenters. The number of hydrogen-bond donors (Lipinski definition) is 2. The summed E-state index contributed by atoms with van der Waals surface area (Å²) >= 11 is 0. The summed E-state index contributed by atoms with van der Waals surface area (Å²) < 4.78 is 112. The highest BCUT2D eigenvalue weighted by molar-refractivity contribution is 7.95. The summed E-state index contributed by atoms with van der Waals surface area (Å²) in [6.07, 6.45) is -9.53. The zero-order valence-corrected chi connectivity index (χ0v) is 20.8. The van der Waals surface area contributed by atoms with E-state index < -0.39 is 46.5 Å². The van der Waals surface area contributed by atoms with Gasteiger partial charge in [-0.05, 0) is 43.2 Å². The molecule has 1 fully saturated rings. The van der Waals surface area contributed by atoms with Crippen LogP contribution in [0, 0.1) is 12.7 Å². The summed E-state index contributed by atoms with van der Waals surface area (Å²) in [6, 6.07) is 2.20. The maximum atomic E-state index is 13.9. The van der Waals surface area contributed by atoms with Crippen LogP contribution in [-0.4, -0.2) is 56.6 Å². The molecule has 0 bridgehead atoms. The van der Waals surface area contributed by atoms with Gasteiger partial charge in [-0.25, -0.2) is 18.6 Å². The van der Waals surface area contributed by atoms with Crippen LogP contribution in [0.25, 0.3) is 10.9 Å². The summed E-state index contributed by atoms with van der Waals surface area (Å²) in [6.45, 7) is 0.460. The molecule has 1 amide bonds. The highest BCUT2D eigenvalue weighted by Gasteiger charge is 2.57. The van der Waals surface area contributed by atoms with E-state index in [4.69, 9.17) is 4.74 Å². The summed E-state index contributed by atoms with van der Waals surface area (Å²) in [5, 5.41) is 4.20. The average Bonchev–Trinajstić information content (AvgIpc) is 2.80. The van der Waals surface area contributed by atoms with Crippen LogP contribution in [0.1, 0.15) is 12.0 Å². The zero-order valence-electron chi connectivity index (χ0n) is 20.0. The second-order valence-electron chi connectivity index (χ2n) is 8.64. The third kappa shape index (κ3) is 6.66. The molecule has 8 nitrogen and oxygen atoms in total. The molecule has 39 heavy (non-hydrogen) atoms. The van der Waals surface area contributed by atoms with E-state index in [1.807, 2.05) is 0 Å². The van der Waals surface area contributed by atoms with Gasteiger partial charge in [0.1, 0.15) is 23.7 Å². The Balaban J connectivity index is 1.57. The second-order valence-corrected chi connectivity index (χ2v) is 11.2. The molecule has 1 saturated heterocycles. The minimum Gasteiger partial charge on any atom is -0.481 e. The number of anilines is 2. The number of alkyl halides is 6. The number of aryl methyl sites for hydroxylation is 1. The molecular weight excluding hydrogens is 559 g/mol. The molecular formula is C23H20F7N5O3S. The van der Waals surface area contributed by atoms with Gasteiger partial charge in [0, 0.05) is 23.0 Å². The van der Waals surface area contributed by atoms with E-state index in [1.54, 1.807) is 19.1 Å². The van der Waals surface area contributed by atoms with Crippen molar-refractivity contribution in [3.05, 3.63) is 48.0 Å². The van der Waals surface area contributed by atoms with Crippen molar-refractivity contribution in [3.63, 3.8) is 0 Å². The van der Waals surface area contributed by atoms with E-state index in [-0.39, 0.29) is 17.3 Å². The lowest BCUT2D eigenvalue weighted by molar-refractivity contribution is -0.257. The molecule has 0 aliphatic carbocycles. The first-order valence-electron chi connectivity index (χ1n) is 11.2. The number of nitrogens with one attached hydrogen (secondary N) is 2. The summed E-state index contributed by atoms with van der Waals surface area (Å²) in [5.41, 5.74) is 1.56. The van der Waals surface area contributed by atoms with E-state index in [0.29, 0.717) is 33.7 Å². The van der Waals surface area contributed by atoms with Crippen LogP contribution in [0.5, 0.6) is 5.75 Å². The van der Waals surface area contributed by atoms with Crippen LogP contribution in [0.15, 0.2) is 41.0 Å². The zero-order chi connectivity index (χ0) is 28.6. The lowest BCUT2D eigenvalue weighted by Crippen LogP contribution is -2.55. The van der Waals surface area contributed by atoms with Crippen LogP contribution in [-0.2, 0) is 14.5 Å². The molecule has 2 heterocycles. The first-order valence-corrected chi connectivity index (χ1v) is 13.1. The Morgan fingerprint density at radius 1 is 1.10 bits per heavy atom. The number of rotatable bonds is 7. The molecule has 2 aromatic carbocycles. The predicted molar refractivity (Wildman–Crippen MR) is 128 cm³/mol. The molecule has 1 aliphatic heterocycles. The van der Waals surface area contributed by atoms with Gasteiger partial charge in [0.05, 0.1) is 26.6 Å². The molecule has 2 N–H and O–H groups in total. The fourth-order valence-corrected chi connectivity index (χ4v) is 5.19. The van der Waals surface area contributed by atoms with Crippen LogP contribution >= 0.6 is 0 Å². The Labute approximate surface area is 217 Å². The SMILES string of the molecule is Cc1cc(N=S2(=O)CCC2)cc2ncnc(Nc3ccc(F)cc3OCC(=O)NC(C(F)(F)F)C(F)(F)F)c12. The first kappa shape index (κ1) is 28.3. The van der Waals surface area contributed by atoms with Crippen molar-refractivity contribution in [2.75, 3.05) is 23.4 Å². The number of aromatic nitrogens is 2. The Kier molecular flexibility index (Phi) is 7.60. The molecule has 3 aromatic rings. The van der Waals surface area contributed by atoms with Crippen molar-refractivity contribution in [1.82, 2.24) is 15.3 Å².